The van der Waals surface area contributed by atoms with E-state index in [4.69, 9.17) is 78.6 Å². The van der Waals surface area contributed by atoms with Crippen LogP contribution >= 0.6 is 0 Å². The molecule has 0 bridgehead atoms. The lowest BCUT2D eigenvalue weighted by Crippen LogP contribution is -2.32. The molecule has 0 aromatic heterocycles. The maximum atomic E-state index is 11.4. The standard InChI is InChI=1S/C10H17NO3.C9H7NO2.C9H12O6.C8H13NO2.C7H7NO2.C6H9NO5.C6H6O7S.C3H6N2O2/c1-4-11(5-2)7-6-10(3,14)9(13)8(7)12;10-7-8(11)5-3-1-2-4-6(5)9(7)12;1-9(2)13-3-4(15-9)7-5(10)6(11)8(12)14-7;1-8(2)3-5(10)7(9)6(11)4-8;8-7-5(9)3-1-2-4-6(7)10;7-3-4(10)5(2(9)1-8)12-6(3)11;7-3-4(8)6(9)12-5(3)2-1-11-14(10)13-2;4-2-1-7-5-3(2)6/h12,14H,4-6H2,1-3H3;1-4H,(H3,10,11,12);4,7,10-11H,3H2,1-2H3;10H,3-4,9H2,1-2H3;1-4H,(H3,8,9,10);2,5,8-10H,1,7H2;2,5,7-8H,1H2;5-6H,1,4H2. The van der Waals surface area contributed by atoms with Gasteiger partial charge >= 0.3 is 29.3 Å². The maximum absolute atomic E-state index is 11.4. The number of ether oxygens (including phenoxy) is 5. The van der Waals surface area contributed by atoms with E-state index in [1.165, 1.54) is 25.1 Å². The Morgan fingerprint density at radius 1 is 0.653 bits per heavy atom. The Morgan fingerprint density at radius 2 is 1.20 bits per heavy atom. The number of hydroxylamine groups is 1. The van der Waals surface area contributed by atoms with E-state index in [-0.39, 0.29) is 94.6 Å². The van der Waals surface area contributed by atoms with Crippen molar-refractivity contribution in [3.63, 3.8) is 0 Å². The molecule has 2 aromatic rings. The number of Topliss-reactive ketones (excluding diaryl/α,β-unsaturated/α-hetero) is 3. The van der Waals surface area contributed by atoms with Crippen molar-refractivity contribution in [1.82, 2.24) is 10.4 Å². The second kappa shape index (κ2) is 32.8. The van der Waals surface area contributed by atoms with Crippen LogP contribution < -0.4 is 39.6 Å². The summed E-state index contributed by atoms with van der Waals surface area (Å²) in [7, 11) is 0. The lowest BCUT2D eigenvalue weighted by molar-refractivity contribution is -0.163. The van der Waals surface area contributed by atoms with Crippen LogP contribution in [0.2, 0.25) is 0 Å². The number of anilines is 1. The van der Waals surface area contributed by atoms with Crippen LogP contribution in [0.1, 0.15) is 83.7 Å². The van der Waals surface area contributed by atoms with Gasteiger partial charge in [0.15, 0.2) is 58.6 Å². The molecule has 8 atom stereocenters. The molecule has 8 unspecified atom stereocenters. The van der Waals surface area contributed by atoms with Gasteiger partial charge in [-0.05, 0) is 52.2 Å². The zero-order chi connectivity index (χ0) is 71.9. The van der Waals surface area contributed by atoms with E-state index in [0.29, 0.717) is 35.4 Å². The summed E-state index contributed by atoms with van der Waals surface area (Å²) >= 11 is -1.89. The first kappa shape index (κ1) is 77.6. The first-order valence-corrected chi connectivity index (χ1v) is 29.2. The van der Waals surface area contributed by atoms with Gasteiger partial charge in [-0.2, -0.15) is 4.21 Å². The van der Waals surface area contributed by atoms with Gasteiger partial charge in [-0.3, -0.25) is 32.4 Å². The highest BCUT2D eigenvalue weighted by atomic mass is 32.2. The highest BCUT2D eigenvalue weighted by molar-refractivity contribution is 7.75. The van der Waals surface area contributed by atoms with Gasteiger partial charge in [0, 0.05) is 43.5 Å². The van der Waals surface area contributed by atoms with E-state index in [1.807, 2.05) is 32.6 Å². The predicted octanol–water partition coefficient (Wildman–Crippen LogP) is 0.153. The second-order valence-electron chi connectivity index (χ2n) is 22.3. The molecule has 2 fully saturated rings. The number of rotatable bonds is 7. The van der Waals surface area contributed by atoms with Gasteiger partial charge in [0.25, 0.3) is 0 Å². The summed E-state index contributed by atoms with van der Waals surface area (Å²) < 4.78 is 44.3. The van der Waals surface area contributed by atoms with Crippen LogP contribution in [0.4, 0.5) is 5.69 Å². The molecule has 9 aliphatic rings. The summed E-state index contributed by atoms with van der Waals surface area (Å²) in [5, 5.41) is 118. The zero-order valence-electron chi connectivity index (χ0n) is 52.0. The fourth-order valence-electron chi connectivity index (χ4n) is 8.81. The molecule has 3 aliphatic carbocycles. The summed E-state index contributed by atoms with van der Waals surface area (Å²) in [6.45, 7) is 13.8. The number of benzene rings is 1. The molecule has 0 spiro atoms. The van der Waals surface area contributed by atoms with Crippen LogP contribution in [0.15, 0.2) is 128 Å². The molecule has 11 rings (SSSR count). The Labute approximate surface area is 542 Å². The van der Waals surface area contributed by atoms with E-state index in [0.717, 1.165) is 13.1 Å². The van der Waals surface area contributed by atoms with Crippen LogP contribution in [-0.4, -0.2) is 198 Å². The third kappa shape index (κ3) is 19.8. The van der Waals surface area contributed by atoms with Crippen molar-refractivity contribution in [3.8, 4) is 5.75 Å². The highest BCUT2D eigenvalue weighted by Crippen LogP contribution is 2.36. The number of allylic oxidation sites excluding steroid dienone is 3. The summed E-state index contributed by atoms with van der Waals surface area (Å²) in [4.78, 5) is 83.2. The molecule has 6 aliphatic heterocycles. The van der Waals surface area contributed by atoms with E-state index in [1.54, 1.807) is 44.2 Å². The third-order valence-electron chi connectivity index (χ3n) is 14.0. The minimum Gasteiger partial charge on any atom is -0.510 e. The number of aliphatic hydroxyl groups excluding tert-OH is 11. The highest BCUT2D eigenvalue weighted by Gasteiger charge is 2.48. The monoisotopic (exact) mass is 1370 g/mol. The summed E-state index contributed by atoms with van der Waals surface area (Å²) in [6, 6.07) is 12.6. The van der Waals surface area contributed by atoms with Crippen molar-refractivity contribution in [2.24, 2.45) is 28.3 Å². The number of aliphatic hydroxyl groups is 12. The number of carbonyl (C=O) groups is 6. The number of fused-ring (bicyclic) bond motifs is 1. The number of ketones is 3. The number of carbonyl (C=O) groups excluding carboxylic acids is 6. The van der Waals surface area contributed by atoms with Gasteiger partial charge in [-0.1, -0.05) is 50.2 Å². The molecule has 2 aromatic carbocycles. The van der Waals surface area contributed by atoms with Gasteiger partial charge < -0.3 is 124 Å². The Morgan fingerprint density at radius 3 is 1.60 bits per heavy atom. The molecule has 24 N–H and O–H groups in total. The largest absolute Gasteiger partial charge is 0.510 e. The molecule has 0 amide bonds. The van der Waals surface area contributed by atoms with Gasteiger partial charge in [-0.15, -0.1) is 0 Å². The number of cyclic esters (lactones) is 3. The van der Waals surface area contributed by atoms with Gasteiger partial charge in [0.2, 0.25) is 34.4 Å². The lowest BCUT2D eigenvalue weighted by atomic mass is 9.78. The number of nitrogen functional groups attached to an aromatic ring is 1. The first-order valence-electron chi connectivity index (χ1n) is 28.2. The van der Waals surface area contributed by atoms with E-state index in [2.05, 4.69) is 28.2 Å². The lowest BCUT2D eigenvalue weighted by Gasteiger charge is -2.27. The Balaban J connectivity index is 0.000000233. The molecule has 36 nitrogen and oxygen atoms in total. The van der Waals surface area contributed by atoms with Crippen molar-refractivity contribution >= 4 is 58.1 Å². The molecule has 2 saturated heterocycles. The SMILES string of the molecule is CC1(C)CC(=O)C(N)=C(O)C1.CC1(C)OCC(C2OC(=O)C(O)=C2O)O1.CCN(CC)C1=C(O)C(=O)C(C)(O)C1.NC1=C(O)C(C(O)CO)OC1=O.NC1=C(O)NOC1.NC1=C(O)c2ccccc2C1=O.Nc1c(O)ccccc1=O.O=C1OC(C2COS(=O)O2)C(O)=C1O. The van der Waals surface area contributed by atoms with Crippen molar-refractivity contribution in [3.05, 3.63) is 145 Å². The molecule has 95 heavy (non-hydrogen) atoms. The molecule has 0 saturated carbocycles. The van der Waals surface area contributed by atoms with Crippen LogP contribution in [0.3, 0.4) is 0 Å². The van der Waals surface area contributed by atoms with Crippen molar-refractivity contribution in [1.29, 1.82) is 0 Å². The fraction of sp³-hybridized carbons (Fsp3) is 0.431. The zero-order valence-corrected chi connectivity index (χ0v) is 52.9. The van der Waals surface area contributed by atoms with Crippen molar-refractivity contribution < 1.29 is 136 Å². The second-order valence-corrected chi connectivity index (χ2v) is 23.2. The molecular formula is C58H77N7O29S. The average Bonchev–Trinajstić information content (AvgIpc) is 1.76. The summed E-state index contributed by atoms with van der Waals surface area (Å²) in [5.41, 5.74) is 27.7. The number of nitrogens with one attached hydrogen (secondary N) is 1. The molecule has 37 heteroatoms. The number of hydrogen-bond donors (Lipinski definition) is 19. The van der Waals surface area contributed by atoms with Crippen LogP contribution in [0.5, 0.6) is 5.75 Å². The Kier molecular flexibility index (Phi) is 26.8. The van der Waals surface area contributed by atoms with Crippen LogP contribution in [0.25, 0.3) is 5.76 Å². The van der Waals surface area contributed by atoms with E-state index < -0.39 is 124 Å². The predicted molar refractivity (Wildman–Crippen MR) is 326 cm³/mol. The van der Waals surface area contributed by atoms with Crippen molar-refractivity contribution in [2.75, 3.05) is 45.3 Å². The maximum Gasteiger partial charge on any atom is 0.377 e. The number of nitrogens with two attached hydrogens (primary N) is 5. The molecule has 524 valence electrons. The van der Waals surface area contributed by atoms with Crippen LogP contribution in [0, 0.1) is 5.41 Å². The van der Waals surface area contributed by atoms with Gasteiger partial charge in [-0.25, -0.2) is 19.9 Å². The Hall–Kier alpha value is -9.86. The minimum absolute atomic E-state index is 0.0457. The molecule has 0 radical (unpaired) electrons. The number of hydrogen-bond acceptors (Lipinski definition) is 36. The molecular weight excluding hydrogens is 1290 g/mol. The molecule has 6 heterocycles. The number of nitrogens with zero attached hydrogens (tertiary/aromatic N) is 1. The topological polar surface area (TPSA) is 619 Å². The third-order valence-corrected chi connectivity index (χ3v) is 14.7. The minimum atomic E-state index is -1.89. The quantitative estimate of drug-likeness (QED) is 0.130. The Bertz CT molecular complexity index is 3560. The van der Waals surface area contributed by atoms with Crippen molar-refractivity contribution in [2.45, 2.75) is 116 Å². The van der Waals surface area contributed by atoms with E-state index >= 15 is 0 Å². The average molecular weight is 1370 g/mol. The first-order chi connectivity index (χ1) is 44.2. The summed E-state index contributed by atoms with van der Waals surface area (Å²) in [5.74, 6) is -8.45. The van der Waals surface area contributed by atoms with Gasteiger partial charge in [0.1, 0.15) is 64.9 Å². The smallest absolute Gasteiger partial charge is 0.377 e. The van der Waals surface area contributed by atoms with E-state index in [9.17, 15) is 68.4 Å². The van der Waals surface area contributed by atoms with Gasteiger partial charge in [0.05, 0.1) is 31.2 Å². The normalized spacial score (nSPS) is 25.5. The fourth-order valence-corrected chi connectivity index (χ4v) is 9.47. The number of esters is 3. The number of aromatic hydroxyl groups is 1. The van der Waals surface area contributed by atoms with Crippen LogP contribution in [-0.2, 0) is 72.2 Å². The summed E-state index contributed by atoms with van der Waals surface area (Å²) in [6.07, 6.45) is -4.99.